The van der Waals surface area contributed by atoms with Crippen LogP contribution in [0.5, 0.6) is 0 Å². The number of nitrogens with one attached hydrogen (secondary N) is 1. The smallest absolute Gasteiger partial charge is 0.250 e. The summed E-state index contributed by atoms with van der Waals surface area (Å²) >= 11 is 0. The maximum absolute atomic E-state index is 12.5. The minimum atomic E-state index is -0.578. The Balaban J connectivity index is 1.51. The third-order valence-electron chi connectivity index (χ3n) is 4.85. The highest BCUT2D eigenvalue weighted by Gasteiger charge is 2.26. The Bertz CT molecular complexity index is 828. The van der Waals surface area contributed by atoms with Crippen LogP contribution in [0.4, 0.5) is 5.69 Å². The first kappa shape index (κ1) is 18.8. The normalized spacial score (nSPS) is 15.3. The van der Waals surface area contributed by atoms with Gasteiger partial charge < -0.3 is 11.1 Å². The number of carbonyl (C=O) groups excluding carboxylic acids is 3. The number of carbonyl (C=O) groups is 3. The number of amides is 2. The molecule has 0 saturated carbocycles. The van der Waals surface area contributed by atoms with Crippen LogP contribution in [0.25, 0.3) is 0 Å². The van der Waals surface area contributed by atoms with Crippen molar-refractivity contribution in [3.63, 3.8) is 0 Å². The summed E-state index contributed by atoms with van der Waals surface area (Å²) in [4.78, 5) is 38.3. The van der Waals surface area contributed by atoms with Gasteiger partial charge in [-0.25, -0.2) is 0 Å². The van der Waals surface area contributed by atoms with Gasteiger partial charge in [0, 0.05) is 11.5 Å². The maximum atomic E-state index is 12.5. The van der Waals surface area contributed by atoms with E-state index in [0.717, 1.165) is 18.4 Å². The molecule has 1 aliphatic heterocycles. The van der Waals surface area contributed by atoms with Crippen molar-refractivity contribution >= 4 is 23.3 Å². The van der Waals surface area contributed by atoms with E-state index < -0.39 is 5.91 Å². The maximum Gasteiger partial charge on any atom is 0.250 e. The van der Waals surface area contributed by atoms with Crippen LogP contribution in [0.1, 0.15) is 33.6 Å². The van der Waals surface area contributed by atoms with Crippen LogP contribution in [-0.2, 0) is 4.79 Å². The predicted octanol–water partition coefficient (Wildman–Crippen LogP) is 2.32. The van der Waals surface area contributed by atoms with Gasteiger partial charge in [0.15, 0.2) is 5.78 Å². The lowest BCUT2D eigenvalue weighted by Crippen LogP contribution is -2.40. The number of nitrogens with two attached hydrogens (primary N) is 1. The highest BCUT2D eigenvalue weighted by molar-refractivity contribution is 6.03. The fourth-order valence-electron chi connectivity index (χ4n) is 3.39. The molecule has 2 aromatic rings. The number of likely N-dealkylation sites (tertiary alicyclic amines) is 1. The molecule has 0 spiro atoms. The van der Waals surface area contributed by atoms with Crippen molar-refractivity contribution in [1.82, 2.24) is 4.90 Å². The molecule has 0 aliphatic carbocycles. The van der Waals surface area contributed by atoms with Crippen molar-refractivity contribution in [1.29, 1.82) is 0 Å². The summed E-state index contributed by atoms with van der Waals surface area (Å²) in [5, 5.41) is 2.75. The zero-order chi connectivity index (χ0) is 19.2. The van der Waals surface area contributed by atoms with Crippen LogP contribution in [0.15, 0.2) is 54.6 Å². The zero-order valence-corrected chi connectivity index (χ0v) is 15.1. The number of hydrogen-bond donors (Lipinski definition) is 2. The average Bonchev–Trinajstić information content (AvgIpc) is 2.69. The van der Waals surface area contributed by atoms with E-state index in [2.05, 4.69) is 5.32 Å². The van der Waals surface area contributed by atoms with Crippen molar-refractivity contribution in [2.75, 3.05) is 25.0 Å². The number of rotatable bonds is 6. The second-order valence-electron chi connectivity index (χ2n) is 6.74. The van der Waals surface area contributed by atoms with Crippen molar-refractivity contribution in [2.24, 2.45) is 11.7 Å². The van der Waals surface area contributed by atoms with E-state index >= 15 is 0 Å². The van der Waals surface area contributed by atoms with Gasteiger partial charge in [-0.3, -0.25) is 19.3 Å². The van der Waals surface area contributed by atoms with Crippen LogP contribution in [0, 0.1) is 5.92 Å². The van der Waals surface area contributed by atoms with Gasteiger partial charge in [0.05, 0.1) is 17.8 Å². The average molecular weight is 365 g/mol. The minimum Gasteiger partial charge on any atom is -0.366 e. The Kier molecular flexibility index (Phi) is 5.98. The molecule has 1 aliphatic rings. The first-order valence-electron chi connectivity index (χ1n) is 9.05. The molecule has 140 valence electrons. The lowest BCUT2D eigenvalue weighted by molar-refractivity contribution is -0.117. The van der Waals surface area contributed by atoms with E-state index in [9.17, 15) is 14.4 Å². The van der Waals surface area contributed by atoms with Crippen molar-refractivity contribution < 1.29 is 14.4 Å². The van der Waals surface area contributed by atoms with Gasteiger partial charge in [0.1, 0.15) is 0 Å². The van der Waals surface area contributed by atoms with Gasteiger partial charge >= 0.3 is 0 Å². The van der Waals surface area contributed by atoms with E-state index in [-0.39, 0.29) is 29.7 Å². The molecule has 2 aromatic carbocycles. The summed E-state index contributed by atoms with van der Waals surface area (Å²) in [5.74, 6) is -0.597. The lowest BCUT2D eigenvalue weighted by Gasteiger charge is -2.30. The van der Waals surface area contributed by atoms with Crippen molar-refractivity contribution in [3.05, 3.63) is 65.7 Å². The Labute approximate surface area is 158 Å². The Morgan fingerprint density at radius 1 is 0.963 bits per heavy atom. The molecule has 1 heterocycles. The van der Waals surface area contributed by atoms with Crippen molar-refractivity contribution in [3.8, 4) is 0 Å². The Morgan fingerprint density at radius 3 is 2.26 bits per heavy atom. The van der Waals surface area contributed by atoms with Crippen LogP contribution in [0.3, 0.4) is 0 Å². The third-order valence-corrected chi connectivity index (χ3v) is 4.85. The molecule has 0 aromatic heterocycles. The molecule has 3 N–H and O–H groups in total. The van der Waals surface area contributed by atoms with Gasteiger partial charge in [-0.1, -0.05) is 42.5 Å². The lowest BCUT2D eigenvalue weighted by atomic mass is 9.89. The van der Waals surface area contributed by atoms with E-state index in [0.29, 0.717) is 18.8 Å². The van der Waals surface area contributed by atoms with Crippen molar-refractivity contribution in [2.45, 2.75) is 12.8 Å². The fraction of sp³-hybridized carbons (Fsp3) is 0.286. The van der Waals surface area contributed by atoms with E-state index in [1.165, 1.54) is 0 Å². The van der Waals surface area contributed by atoms with Crippen LogP contribution >= 0.6 is 0 Å². The molecule has 6 nitrogen and oxygen atoms in total. The zero-order valence-electron chi connectivity index (χ0n) is 15.1. The summed E-state index contributed by atoms with van der Waals surface area (Å²) in [6.45, 7) is 1.60. The monoisotopic (exact) mass is 365 g/mol. The molecule has 0 unspecified atom stereocenters. The molecular weight excluding hydrogens is 342 g/mol. The Hall–Kier alpha value is -2.99. The van der Waals surface area contributed by atoms with E-state index in [1.807, 2.05) is 35.2 Å². The van der Waals surface area contributed by atoms with Gasteiger partial charge in [-0.15, -0.1) is 0 Å². The van der Waals surface area contributed by atoms with Gasteiger partial charge in [-0.2, -0.15) is 0 Å². The highest BCUT2D eigenvalue weighted by Crippen LogP contribution is 2.22. The van der Waals surface area contributed by atoms with Gasteiger partial charge in [-0.05, 0) is 38.1 Å². The molecule has 0 bridgehead atoms. The molecule has 1 saturated heterocycles. The SMILES string of the molecule is NC(=O)c1ccccc1NC(=O)CN1CCC(C(=O)c2ccccc2)CC1. The standard InChI is InChI=1S/C21H23N3O3/c22-21(27)17-8-4-5-9-18(17)23-19(25)14-24-12-10-16(11-13-24)20(26)15-6-2-1-3-7-15/h1-9,16H,10-14H2,(H2,22,27)(H,23,25). The summed E-state index contributed by atoms with van der Waals surface area (Å²) in [5.41, 5.74) is 6.79. The number of hydrogen-bond acceptors (Lipinski definition) is 4. The number of Topliss-reactive ketones (excluding diaryl/α,β-unsaturated/α-hetero) is 1. The van der Waals surface area contributed by atoms with Gasteiger partial charge in [0.2, 0.25) is 5.91 Å². The number of para-hydroxylation sites is 1. The number of anilines is 1. The summed E-state index contributed by atoms with van der Waals surface area (Å²) in [6.07, 6.45) is 1.47. The molecule has 6 heteroatoms. The first-order chi connectivity index (χ1) is 13.0. The second kappa shape index (κ2) is 8.60. The summed E-state index contributed by atoms with van der Waals surface area (Å²) < 4.78 is 0. The molecule has 0 radical (unpaired) electrons. The first-order valence-corrected chi connectivity index (χ1v) is 9.05. The molecule has 1 fully saturated rings. The molecule has 0 atom stereocenters. The molecule has 3 rings (SSSR count). The fourth-order valence-corrected chi connectivity index (χ4v) is 3.39. The summed E-state index contributed by atoms with van der Waals surface area (Å²) in [6, 6.07) is 16.0. The Morgan fingerprint density at radius 2 is 1.59 bits per heavy atom. The van der Waals surface area contributed by atoms with Crippen LogP contribution in [0.2, 0.25) is 0 Å². The number of ketones is 1. The van der Waals surface area contributed by atoms with E-state index in [1.54, 1.807) is 24.3 Å². The van der Waals surface area contributed by atoms with Crippen LogP contribution < -0.4 is 11.1 Å². The number of piperidine rings is 1. The number of primary amides is 1. The molecular formula is C21H23N3O3. The van der Waals surface area contributed by atoms with E-state index in [4.69, 9.17) is 5.73 Å². The summed E-state index contributed by atoms with van der Waals surface area (Å²) in [7, 11) is 0. The minimum absolute atomic E-state index is 0.00213. The van der Waals surface area contributed by atoms with Crippen LogP contribution in [-0.4, -0.2) is 42.1 Å². The second-order valence-corrected chi connectivity index (χ2v) is 6.74. The third kappa shape index (κ3) is 4.80. The number of benzene rings is 2. The predicted molar refractivity (Wildman–Crippen MR) is 104 cm³/mol. The largest absolute Gasteiger partial charge is 0.366 e. The topological polar surface area (TPSA) is 92.5 Å². The molecule has 2 amide bonds. The quantitative estimate of drug-likeness (QED) is 0.769. The van der Waals surface area contributed by atoms with Gasteiger partial charge in [0.25, 0.3) is 5.91 Å². The molecule has 27 heavy (non-hydrogen) atoms. The number of nitrogens with zero attached hydrogens (tertiary/aromatic N) is 1. The highest BCUT2D eigenvalue weighted by atomic mass is 16.2.